The van der Waals surface area contributed by atoms with Crippen molar-refractivity contribution in [3.8, 4) is 11.8 Å². The van der Waals surface area contributed by atoms with E-state index >= 15 is 0 Å². The molecule has 0 saturated carbocycles. The third kappa shape index (κ3) is 4.61. The van der Waals surface area contributed by atoms with Gasteiger partial charge in [0.2, 0.25) is 5.91 Å². The highest BCUT2D eigenvalue weighted by Gasteiger charge is 2.32. The van der Waals surface area contributed by atoms with Crippen LogP contribution in [0.25, 0.3) is 0 Å². The van der Waals surface area contributed by atoms with Gasteiger partial charge in [0.25, 0.3) is 0 Å². The number of hydrogen-bond donors (Lipinski definition) is 1. The third-order valence-corrected chi connectivity index (χ3v) is 2.47. The standard InChI is InChI=1S/C15H16F3NO/c1-14(2,3)13(20)19-10-6-8-11-7-4-5-9-12(11)15(16,17)18/h4-5,7,9H,10H2,1-3H3,(H,19,20). The molecule has 1 aromatic rings. The lowest BCUT2D eigenvalue weighted by Gasteiger charge is -2.16. The first-order chi connectivity index (χ1) is 9.12. The van der Waals surface area contributed by atoms with Crippen LogP contribution < -0.4 is 5.32 Å². The molecule has 1 amide bonds. The van der Waals surface area contributed by atoms with Gasteiger partial charge in [0, 0.05) is 11.0 Å². The number of alkyl halides is 3. The van der Waals surface area contributed by atoms with Crippen molar-refractivity contribution >= 4 is 5.91 Å². The molecule has 0 spiro atoms. The molecule has 1 rings (SSSR count). The van der Waals surface area contributed by atoms with E-state index in [9.17, 15) is 18.0 Å². The number of rotatable bonds is 1. The molecule has 0 aliphatic rings. The SMILES string of the molecule is CC(C)(C)C(=O)NCC#Cc1ccccc1C(F)(F)F. The Kier molecular flexibility index (Phi) is 4.83. The molecule has 20 heavy (non-hydrogen) atoms. The van der Waals surface area contributed by atoms with Gasteiger partial charge in [-0.25, -0.2) is 0 Å². The first-order valence-corrected chi connectivity index (χ1v) is 6.06. The molecule has 0 aromatic heterocycles. The molecule has 0 bridgehead atoms. The minimum atomic E-state index is -4.43. The van der Waals surface area contributed by atoms with Gasteiger partial charge in [-0.15, -0.1) is 0 Å². The number of carbonyl (C=O) groups is 1. The fourth-order valence-electron chi connectivity index (χ4n) is 1.37. The van der Waals surface area contributed by atoms with Crippen LogP contribution >= 0.6 is 0 Å². The monoisotopic (exact) mass is 283 g/mol. The molecular weight excluding hydrogens is 267 g/mol. The van der Waals surface area contributed by atoms with E-state index in [2.05, 4.69) is 17.2 Å². The van der Waals surface area contributed by atoms with Gasteiger partial charge in [0.05, 0.1) is 12.1 Å². The van der Waals surface area contributed by atoms with E-state index in [-0.39, 0.29) is 18.0 Å². The largest absolute Gasteiger partial charge is 0.417 e. The molecule has 0 heterocycles. The maximum Gasteiger partial charge on any atom is 0.417 e. The Balaban J connectivity index is 2.77. The Labute approximate surface area is 116 Å². The summed E-state index contributed by atoms with van der Waals surface area (Å²) in [5.74, 6) is 4.78. The molecule has 0 radical (unpaired) electrons. The van der Waals surface area contributed by atoms with Crippen LogP contribution in [0.1, 0.15) is 31.9 Å². The fraction of sp³-hybridized carbons (Fsp3) is 0.400. The minimum absolute atomic E-state index is 0.0162. The Hall–Kier alpha value is -1.96. The van der Waals surface area contributed by atoms with E-state index < -0.39 is 17.2 Å². The molecule has 0 aliphatic carbocycles. The average molecular weight is 283 g/mol. The lowest BCUT2D eigenvalue weighted by atomic mass is 9.96. The van der Waals surface area contributed by atoms with E-state index in [1.54, 1.807) is 20.8 Å². The third-order valence-electron chi connectivity index (χ3n) is 2.47. The van der Waals surface area contributed by atoms with Crippen LogP contribution in [0.5, 0.6) is 0 Å². The topological polar surface area (TPSA) is 29.1 Å². The number of halogens is 3. The molecule has 0 atom stereocenters. The predicted octanol–water partition coefficient (Wildman–Crippen LogP) is 3.22. The van der Waals surface area contributed by atoms with Crippen LogP contribution in [-0.2, 0) is 11.0 Å². The van der Waals surface area contributed by atoms with E-state index in [4.69, 9.17) is 0 Å². The Morgan fingerprint density at radius 1 is 1.20 bits per heavy atom. The quantitative estimate of drug-likeness (QED) is 0.788. The van der Waals surface area contributed by atoms with Crippen LogP contribution in [0.4, 0.5) is 13.2 Å². The average Bonchev–Trinajstić information content (AvgIpc) is 2.32. The highest BCUT2D eigenvalue weighted by molar-refractivity contribution is 5.81. The fourth-order valence-corrected chi connectivity index (χ4v) is 1.37. The van der Waals surface area contributed by atoms with Crippen molar-refractivity contribution in [3.05, 3.63) is 35.4 Å². The molecular formula is C15H16F3NO. The van der Waals surface area contributed by atoms with Crippen molar-refractivity contribution in [1.82, 2.24) is 5.32 Å². The Bertz CT molecular complexity index is 545. The summed E-state index contributed by atoms with van der Waals surface area (Å²) in [6.45, 7) is 5.25. The molecule has 1 aromatic carbocycles. The van der Waals surface area contributed by atoms with Crippen LogP contribution in [0.15, 0.2) is 24.3 Å². The normalized spacial score (nSPS) is 11.5. The summed E-state index contributed by atoms with van der Waals surface area (Å²) in [6, 6.07) is 5.10. The summed E-state index contributed by atoms with van der Waals surface area (Å²) >= 11 is 0. The summed E-state index contributed by atoms with van der Waals surface area (Å²) in [7, 11) is 0. The highest BCUT2D eigenvalue weighted by atomic mass is 19.4. The molecule has 108 valence electrons. The lowest BCUT2D eigenvalue weighted by molar-refractivity contribution is -0.137. The number of carbonyl (C=O) groups excluding carboxylic acids is 1. The van der Waals surface area contributed by atoms with Gasteiger partial charge < -0.3 is 5.32 Å². The van der Waals surface area contributed by atoms with Gasteiger partial charge in [0.1, 0.15) is 0 Å². The minimum Gasteiger partial charge on any atom is -0.345 e. The van der Waals surface area contributed by atoms with E-state index in [0.717, 1.165) is 6.07 Å². The van der Waals surface area contributed by atoms with Gasteiger partial charge in [-0.05, 0) is 12.1 Å². The maximum absolute atomic E-state index is 12.7. The van der Waals surface area contributed by atoms with Crippen molar-refractivity contribution in [3.63, 3.8) is 0 Å². The Morgan fingerprint density at radius 3 is 2.35 bits per heavy atom. The van der Waals surface area contributed by atoms with Crippen molar-refractivity contribution in [1.29, 1.82) is 0 Å². The van der Waals surface area contributed by atoms with Gasteiger partial charge >= 0.3 is 6.18 Å². The highest BCUT2D eigenvalue weighted by Crippen LogP contribution is 2.31. The van der Waals surface area contributed by atoms with Gasteiger partial charge in [-0.3, -0.25) is 4.79 Å². The van der Waals surface area contributed by atoms with Crippen LogP contribution in [-0.4, -0.2) is 12.5 Å². The second-order valence-corrected chi connectivity index (χ2v) is 5.28. The first kappa shape index (κ1) is 16.1. The summed E-state index contributed by atoms with van der Waals surface area (Å²) in [4.78, 5) is 11.5. The van der Waals surface area contributed by atoms with Crippen molar-refractivity contribution in [2.24, 2.45) is 5.41 Å². The smallest absolute Gasteiger partial charge is 0.345 e. The molecule has 2 nitrogen and oxygen atoms in total. The van der Waals surface area contributed by atoms with E-state index in [0.29, 0.717) is 0 Å². The number of amides is 1. The number of benzene rings is 1. The van der Waals surface area contributed by atoms with E-state index in [1.807, 2.05) is 0 Å². The molecule has 5 heteroatoms. The number of nitrogens with one attached hydrogen (secondary N) is 1. The number of hydrogen-bond acceptors (Lipinski definition) is 1. The van der Waals surface area contributed by atoms with Crippen LogP contribution in [0.2, 0.25) is 0 Å². The maximum atomic E-state index is 12.7. The Morgan fingerprint density at radius 2 is 1.80 bits per heavy atom. The van der Waals surface area contributed by atoms with Crippen LogP contribution in [0, 0.1) is 17.3 Å². The summed E-state index contributed by atoms with van der Waals surface area (Å²) in [6.07, 6.45) is -4.43. The predicted molar refractivity (Wildman–Crippen MR) is 70.8 cm³/mol. The molecule has 0 saturated heterocycles. The molecule has 0 unspecified atom stereocenters. The second kappa shape index (κ2) is 6.00. The van der Waals surface area contributed by atoms with Crippen molar-refractivity contribution < 1.29 is 18.0 Å². The molecule has 0 aliphatic heterocycles. The zero-order chi connectivity index (χ0) is 15.4. The van der Waals surface area contributed by atoms with Gasteiger partial charge in [0.15, 0.2) is 0 Å². The lowest BCUT2D eigenvalue weighted by Crippen LogP contribution is -2.34. The van der Waals surface area contributed by atoms with E-state index in [1.165, 1.54) is 18.2 Å². The van der Waals surface area contributed by atoms with Gasteiger partial charge in [-0.1, -0.05) is 44.7 Å². The van der Waals surface area contributed by atoms with Crippen molar-refractivity contribution in [2.75, 3.05) is 6.54 Å². The zero-order valence-corrected chi connectivity index (χ0v) is 11.6. The molecule has 0 fully saturated rings. The molecule has 1 N–H and O–H groups in total. The van der Waals surface area contributed by atoms with Gasteiger partial charge in [-0.2, -0.15) is 13.2 Å². The van der Waals surface area contributed by atoms with Crippen molar-refractivity contribution in [2.45, 2.75) is 26.9 Å². The first-order valence-electron chi connectivity index (χ1n) is 6.06. The zero-order valence-electron chi connectivity index (χ0n) is 11.6. The summed E-state index contributed by atoms with van der Waals surface area (Å²) in [5.41, 5.74) is -1.41. The summed E-state index contributed by atoms with van der Waals surface area (Å²) in [5, 5.41) is 2.56. The van der Waals surface area contributed by atoms with Crippen LogP contribution in [0.3, 0.4) is 0 Å². The summed E-state index contributed by atoms with van der Waals surface area (Å²) < 4.78 is 38.1. The second-order valence-electron chi connectivity index (χ2n) is 5.28.